The van der Waals surface area contributed by atoms with E-state index in [2.05, 4.69) is 25.8 Å². The van der Waals surface area contributed by atoms with Crippen molar-refractivity contribution in [1.82, 2.24) is 20.3 Å². The predicted molar refractivity (Wildman–Crippen MR) is 106 cm³/mol. The molecule has 0 radical (unpaired) electrons. The predicted octanol–water partition coefficient (Wildman–Crippen LogP) is 1.99. The molecule has 0 spiro atoms. The van der Waals surface area contributed by atoms with Crippen molar-refractivity contribution in [3.63, 3.8) is 0 Å². The van der Waals surface area contributed by atoms with Crippen LogP contribution in [0, 0.1) is 0 Å². The Bertz CT molecular complexity index is 884. The largest absolute Gasteiger partial charge is 0.369 e. The van der Waals surface area contributed by atoms with E-state index in [0.717, 1.165) is 43.1 Å². The van der Waals surface area contributed by atoms with Crippen molar-refractivity contribution in [3.8, 4) is 11.3 Å². The summed E-state index contributed by atoms with van der Waals surface area (Å²) in [6.45, 7) is 4.13. The number of benzene rings is 2. The van der Waals surface area contributed by atoms with Gasteiger partial charge < -0.3 is 15.5 Å². The highest BCUT2D eigenvalue weighted by molar-refractivity contribution is 5.90. The number of anilines is 2. The molecule has 7 nitrogen and oxygen atoms in total. The van der Waals surface area contributed by atoms with Gasteiger partial charge in [-0.1, -0.05) is 35.5 Å². The van der Waals surface area contributed by atoms with Gasteiger partial charge in [-0.15, -0.1) is 5.10 Å². The minimum atomic E-state index is -0.130. The molecule has 0 atom stereocenters. The van der Waals surface area contributed by atoms with Crippen LogP contribution in [0.5, 0.6) is 0 Å². The zero-order valence-corrected chi connectivity index (χ0v) is 15.0. The minimum absolute atomic E-state index is 0.124. The summed E-state index contributed by atoms with van der Waals surface area (Å²) in [4.78, 5) is 14.6. The van der Waals surface area contributed by atoms with E-state index in [0.29, 0.717) is 0 Å². The Hall–Kier alpha value is -3.19. The molecule has 1 aliphatic rings. The van der Waals surface area contributed by atoms with Crippen LogP contribution in [0.4, 0.5) is 11.4 Å². The highest BCUT2D eigenvalue weighted by Crippen LogP contribution is 2.19. The molecule has 0 aliphatic carbocycles. The highest BCUT2D eigenvalue weighted by atomic mass is 16.2. The third-order valence-electron chi connectivity index (χ3n) is 4.55. The van der Waals surface area contributed by atoms with Gasteiger partial charge in [-0.3, -0.25) is 4.79 Å². The van der Waals surface area contributed by atoms with Crippen LogP contribution in [0.2, 0.25) is 0 Å². The van der Waals surface area contributed by atoms with E-state index < -0.39 is 0 Å². The molecule has 2 aromatic carbocycles. The highest BCUT2D eigenvalue weighted by Gasteiger charge is 2.11. The van der Waals surface area contributed by atoms with E-state index >= 15 is 0 Å². The first-order chi connectivity index (χ1) is 13.3. The summed E-state index contributed by atoms with van der Waals surface area (Å²) >= 11 is 0. The Balaban J connectivity index is 1.35. The summed E-state index contributed by atoms with van der Waals surface area (Å²) in [5.41, 5.74) is 3.69. The van der Waals surface area contributed by atoms with E-state index in [1.807, 2.05) is 54.6 Å². The first-order valence-corrected chi connectivity index (χ1v) is 9.09. The Kier molecular flexibility index (Phi) is 5.11. The summed E-state index contributed by atoms with van der Waals surface area (Å²) in [7, 11) is 0. The van der Waals surface area contributed by atoms with Gasteiger partial charge in [-0.05, 0) is 24.3 Å². The quantitative estimate of drug-likeness (QED) is 0.726. The molecule has 3 aromatic rings. The number of amides is 1. The molecule has 2 heterocycles. The van der Waals surface area contributed by atoms with E-state index in [1.54, 1.807) is 10.9 Å². The molecule has 4 rings (SSSR count). The van der Waals surface area contributed by atoms with Crippen LogP contribution in [0.3, 0.4) is 0 Å². The minimum Gasteiger partial charge on any atom is -0.369 e. The normalized spacial score (nSPS) is 14.1. The Morgan fingerprint density at radius 1 is 1.04 bits per heavy atom. The second-order valence-corrected chi connectivity index (χ2v) is 6.50. The Labute approximate surface area is 158 Å². The van der Waals surface area contributed by atoms with Gasteiger partial charge >= 0.3 is 0 Å². The van der Waals surface area contributed by atoms with Crippen molar-refractivity contribution in [2.45, 2.75) is 6.54 Å². The first-order valence-electron chi connectivity index (χ1n) is 9.09. The fourth-order valence-electron chi connectivity index (χ4n) is 3.14. The third-order valence-corrected chi connectivity index (χ3v) is 4.55. The fraction of sp³-hybridized carbons (Fsp3) is 0.250. The number of rotatable bonds is 5. The van der Waals surface area contributed by atoms with Gasteiger partial charge in [0.1, 0.15) is 12.2 Å². The maximum Gasteiger partial charge on any atom is 0.246 e. The molecule has 7 heteroatoms. The number of hydrogen-bond acceptors (Lipinski definition) is 5. The number of nitrogens with one attached hydrogen (secondary N) is 2. The van der Waals surface area contributed by atoms with Crippen molar-refractivity contribution in [3.05, 3.63) is 60.8 Å². The first kappa shape index (κ1) is 17.2. The number of nitrogens with zero attached hydrogens (tertiary/aromatic N) is 4. The van der Waals surface area contributed by atoms with Crippen molar-refractivity contribution in [1.29, 1.82) is 0 Å². The van der Waals surface area contributed by atoms with Crippen LogP contribution in [0.1, 0.15) is 0 Å². The van der Waals surface area contributed by atoms with Crippen LogP contribution in [0.25, 0.3) is 11.3 Å². The zero-order chi connectivity index (χ0) is 18.5. The lowest BCUT2D eigenvalue weighted by Gasteiger charge is -2.29. The van der Waals surface area contributed by atoms with Gasteiger partial charge in [0.2, 0.25) is 5.91 Å². The van der Waals surface area contributed by atoms with Gasteiger partial charge in [0.15, 0.2) is 0 Å². The SMILES string of the molecule is O=C(Cn1cc(-c2ccccc2)nn1)Nc1ccc(N2CCNCC2)cc1. The fourth-order valence-corrected chi connectivity index (χ4v) is 3.14. The maximum absolute atomic E-state index is 12.3. The van der Waals surface area contributed by atoms with E-state index in [-0.39, 0.29) is 12.5 Å². The van der Waals surface area contributed by atoms with Crippen LogP contribution >= 0.6 is 0 Å². The Morgan fingerprint density at radius 3 is 2.52 bits per heavy atom. The number of hydrogen-bond donors (Lipinski definition) is 2. The molecule has 0 unspecified atom stereocenters. The van der Waals surface area contributed by atoms with Crippen molar-refractivity contribution < 1.29 is 4.79 Å². The Morgan fingerprint density at radius 2 is 1.78 bits per heavy atom. The average Bonchev–Trinajstić information content (AvgIpc) is 3.18. The standard InChI is InChI=1S/C20H22N6O/c27-20(15-26-14-19(23-24-26)16-4-2-1-3-5-16)22-17-6-8-18(9-7-17)25-12-10-21-11-13-25/h1-9,14,21H,10-13,15H2,(H,22,27). The summed E-state index contributed by atoms with van der Waals surface area (Å²) < 4.78 is 1.55. The van der Waals surface area contributed by atoms with Crippen LogP contribution in [0.15, 0.2) is 60.8 Å². The van der Waals surface area contributed by atoms with Crippen LogP contribution in [-0.4, -0.2) is 47.1 Å². The molecular formula is C20H22N6O. The van der Waals surface area contributed by atoms with Gasteiger partial charge in [-0.2, -0.15) is 0 Å². The molecule has 1 amide bonds. The lowest BCUT2D eigenvalue weighted by Crippen LogP contribution is -2.43. The molecule has 1 fully saturated rings. The maximum atomic E-state index is 12.3. The van der Waals surface area contributed by atoms with Gasteiger partial charge in [0.25, 0.3) is 0 Å². The molecule has 2 N–H and O–H groups in total. The number of piperazine rings is 1. The molecule has 0 bridgehead atoms. The zero-order valence-electron chi connectivity index (χ0n) is 15.0. The second kappa shape index (κ2) is 8.01. The topological polar surface area (TPSA) is 75.1 Å². The van der Waals surface area contributed by atoms with E-state index in [1.165, 1.54) is 5.69 Å². The lowest BCUT2D eigenvalue weighted by molar-refractivity contribution is -0.116. The second-order valence-electron chi connectivity index (χ2n) is 6.50. The average molecular weight is 362 g/mol. The van der Waals surface area contributed by atoms with E-state index in [9.17, 15) is 4.79 Å². The summed E-state index contributed by atoms with van der Waals surface area (Å²) in [6, 6.07) is 17.7. The summed E-state index contributed by atoms with van der Waals surface area (Å²) in [5.74, 6) is -0.130. The molecule has 1 saturated heterocycles. The monoisotopic (exact) mass is 362 g/mol. The smallest absolute Gasteiger partial charge is 0.246 e. The van der Waals surface area contributed by atoms with Crippen LogP contribution in [-0.2, 0) is 11.3 Å². The van der Waals surface area contributed by atoms with Gasteiger partial charge in [-0.25, -0.2) is 4.68 Å². The molecular weight excluding hydrogens is 340 g/mol. The molecule has 1 aliphatic heterocycles. The lowest BCUT2D eigenvalue weighted by atomic mass is 10.2. The van der Waals surface area contributed by atoms with Crippen molar-refractivity contribution in [2.24, 2.45) is 0 Å². The van der Waals surface area contributed by atoms with Gasteiger partial charge in [0.05, 0.1) is 6.20 Å². The third kappa shape index (κ3) is 4.32. The molecule has 0 saturated carbocycles. The number of carbonyl (C=O) groups excluding carboxylic acids is 1. The molecule has 27 heavy (non-hydrogen) atoms. The number of carbonyl (C=O) groups is 1. The van der Waals surface area contributed by atoms with E-state index in [4.69, 9.17) is 0 Å². The van der Waals surface area contributed by atoms with Gasteiger partial charge in [0, 0.05) is 43.1 Å². The molecule has 1 aromatic heterocycles. The number of aromatic nitrogens is 3. The van der Waals surface area contributed by atoms with Crippen LogP contribution < -0.4 is 15.5 Å². The van der Waals surface area contributed by atoms with Crippen molar-refractivity contribution >= 4 is 17.3 Å². The molecule has 138 valence electrons. The summed E-state index contributed by atoms with van der Waals surface area (Å²) in [6.07, 6.45) is 1.78. The summed E-state index contributed by atoms with van der Waals surface area (Å²) in [5, 5.41) is 14.4. The van der Waals surface area contributed by atoms with Crippen molar-refractivity contribution in [2.75, 3.05) is 36.4 Å².